The first-order chi connectivity index (χ1) is 6.77. The zero-order valence-electron chi connectivity index (χ0n) is 7.37. The molecule has 0 saturated carbocycles. The van der Waals surface area contributed by atoms with Gasteiger partial charge in [-0.05, 0) is 18.2 Å². The Morgan fingerprint density at radius 2 is 2.36 bits per heavy atom. The number of carbonyl (C=O) groups is 1. The van der Waals surface area contributed by atoms with E-state index in [0.29, 0.717) is 11.1 Å². The average molecular weight is 210 g/mol. The predicted molar refractivity (Wildman–Crippen MR) is 52.2 cm³/mol. The van der Waals surface area contributed by atoms with Gasteiger partial charge in [-0.25, -0.2) is 4.79 Å². The zero-order chi connectivity index (χ0) is 10.4. The highest BCUT2D eigenvalue weighted by atomic mass is 35.5. The van der Waals surface area contributed by atoms with Gasteiger partial charge < -0.3 is 4.74 Å². The second-order valence-corrected chi connectivity index (χ2v) is 2.90. The maximum absolute atomic E-state index is 11.3. The third kappa shape index (κ3) is 2.75. The second-order valence-electron chi connectivity index (χ2n) is 2.52. The van der Waals surface area contributed by atoms with Crippen LogP contribution in [0.15, 0.2) is 24.3 Å². The molecule has 0 unspecified atom stereocenters. The Kier molecular flexibility index (Phi) is 3.96. The number of alkyl halides is 1. The van der Waals surface area contributed by atoms with E-state index in [2.05, 4.69) is 0 Å². The molecule has 0 aliphatic rings. The third-order valence-electron chi connectivity index (χ3n) is 1.54. The molecule has 14 heavy (non-hydrogen) atoms. The van der Waals surface area contributed by atoms with Crippen LogP contribution in [0.4, 0.5) is 0 Å². The van der Waals surface area contributed by atoms with Crippen LogP contribution in [0.25, 0.3) is 0 Å². The van der Waals surface area contributed by atoms with Gasteiger partial charge in [0.25, 0.3) is 0 Å². The van der Waals surface area contributed by atoms with Crippen LogP contribution < -0.4 is 0 Å². The SMILES string of the molecule is N#Cc1cccc(C(=O)OCCCl)c1. The molecule has 4 heteroatoms. The predicted octanol–water partition coefficient (Wildman–Crippen LogP) is 1.95. The molecule has 0 spiro atoms. The van der Waals surface area contributed by atoms with Gasteiger partial charge in [0.1, 0.15) is 6.61 Å². The molecular weight excluding hydrogens is 202 g/mol. The molecule has 1 rings (SSSR count). The molecule has 1 aromatic rings. The van der Waals surface area contributed by atoms with E-state index in [1.807, 2.05) is 6.07 Å². The summed E-state index contributed by atoms with van der Waals surface area (Å²) in [5.74, 6) is -0.188. The maximum Gasteiger partial charge on any atom is 0.338 e. The molecule has 72 valence electrons. The number of rotatable bonds is 3. The smallest absolute Gasteiger partial charge is 0.338 e. The van der Waals surface area contributed by atoms with E-state index in [1.165, 1.54) is 6.07 Å². The Bertz CT molecular complexity index is 371. The van der Waals surface area contributed by atoms with Crippen LogP contribution in [-0.2, 0) is 4.74 Å². The number of benzene rings is 1. The summed E-state index contributed by atoms with van der Waals surface area (Å²) in [6, 6.07) is 8.28. The molecule has 0 aliphatic carbocycles. The molecule has 0 atom stereocenters. The van der Waals surface area contributed by atoms with Crippen molar-refractivity contribution in [1.29, 1.82) is 5.26 Å². The second kappa shape index (κ2) is 5.25. The number of hydrogen-bond donors (Lipinski definition) is 0. The van der Waals surface area contributed by atoms with Crippen molar-refractivity contribution in [1.82, 2.24) is 0 Å². The zero-order valence-corrected chi connectivity index (χ0v) is 8.12. The first-order valence-electron chi connectivity index (χ1n) is 4.01. The molecule has 0 radical (unpaired) electrons. The standard InChI is InChI=1S/C10H8ClNO2/c11-4-5-14-10(13)9-3-1-2-8(6-9)7-12/h1-3,6H,4-5H2. The molecule has 0 aliphatic heterocycles. The molecule has 0 amide bonds. The van der Waals surface area contributed by atoms with Crippen molar-refractivity contribution in [2.24, 2.45) is 0 Å². The van der Waals surface area contributed by atoms with Crippen LogP contribution in [0.3, 0.4) is 0 Å². The van der Waals surface area contributed by atoms with Crippen LogP contribution in [0.1, 0.15) is 15.9 Å². The van der Waals surface area contributed by atoms with Gasteiger partial charge in [0.05, 0.1) is 23.1 Å². The normalized spacial score (nSPS) is 9.14. The van der Waals surface area contributed by atoms with Gasteiger partial charge in [-0.1, -0.05) is 6.07 Å². The van der Waals surface area contributed by atoms with E-state index in [0.717, 1.165) is 0 Å². The first-order valence-corrected chi connectivity index (χ1v) is 4.54. The number of nitriles is 1. The summed E-state index contributed by atoms with van der Waals surface area (Å²) in [6.45, 7) is 0.178. The van der Waals surface area contributed by atoms with Crippen LogP contribution in [0, 0.1) is 11.3 Å². The quantitative estimate of drug-likeness (QED) is 0.565. The number of hydrogen-bond acceptors (Lipinski definition) is 3. The minimum Gasteiger partial charge on any atom is -0.461 e. The molecule has 0 N–H and O–H groups in total. The highest BCUT2D eigenvalue weighted by Gasteiger charge is 2.06. The summed E-state index contributed by atoms with van der Waals surface area (Å²) < 4.78 is 4.80. The van der Waals surface area contributed by atoms with Gasteiger partial charge in [0, 0.05) is 0 Å². The van der Waals surface area contributed by atoms with Crippen molar-refractivity contribution in [3.8, 4) is 6.07 Å². The highest BCUT2D eigenvalue weighted by Crippen LogP contribution is 2.05. The Labute approximate surface area is 86.9 Å². The fourth-order valence-corrected chi connectivity index (χ4v) is 1.01. The molecule has 1 aromatic carbocycles. The van der Waals surface area contributed by atoms with Crippen molar-refractivity contribution in [3.05, 3.63) is 35.4 Å². The molecule has 3 nitrogen and oxygen atoms in total. The van der Waals surface area contributed by atoms with Gasteiger partial charge in [-0.15, -0.1) is 11.6 Å². The summed E-state index contributed by atoms with van der Waals surface area (Å²) in [4.78, 5) is 11.3. The average Bonchev–Trinajstić information content (AvgIpc) is 2.26. The number of halogens is 1. The Hall–Kier alpha value is -1.53. The van der Waals surface area contributed by atoms with Crippen LogP contribution in [-0.4, -0.2) is 18.5 Å². The highest BCUT2D eigenvalue weighted by molar-refractivity contribution is 6.18. The van der Waals surface area contributed by atoms with Crippen molar-refractivity contribution < 1.29 is 9.53 Å². The largest absolute Gasteiger partial charge is 0.461 e. The number of nitrogens with zero attached hydrogens (tertiary/aromatic N) is 1. The molecule has 0 fully saturated rings. The topological polar surface area (TPSA) is 50.1 Å². The van der Waals surface area contributed by atoms with Crippen molar-refractivity contribution in [2.45, 2.75) is 0 Å². The maximum atomic E-state index is 11.3. The Morgan fingerprint density at radius 3 is 3.00 bits per heavy atom. The van der Waals surface area contributed by atoms with Gasteiger partial charge >= 0.3 is 5.97 Å². The Balaban J connectivity index is 2.75. The van der Waals surface area contributed by atoms with Crippen molar-refractivity contribution in [3.63, 3.8) is 0 Å². The number of ether oxygens (including phenoxy) is 1. The lowest BCUT2D eigenvalue weighted by atomic mass is 10.1. The van der Waals surface area contributed by atoms with Crippen LogP contribution >= 0.6 is 11.6 Å². The fourth-order valence-electron chi connectivity index (χ4n) is 0.930. The summed E-state index contributed by atoms with van der Waals surface area (Å²) in [5.41, 5.74) is 0.805. The van der Waals surface area contributed by atoms with E-state index in [4.69, 9.17) is 21.6 Å². The van der Waals surface area contributed by atoms with Gasteiger partial charge in [-0.2, -0.15) is 5.26 Å². The number of carbonyl (C=O) groups excluding carboxylic acids is 1. The number of esters is 1. The lowest BCUT2D eigenvalue weighted by Gasteiger charge is -2.01. The summed E-state index contributed by atoms with van der Waals surface area (Å²) >= 11 is 5.36. The van der Waals surface area contributed by atoms with Crippen LogP contribution in [0.2, 0.25) is 0 Å². The van der Waals surface area contributed by atoms with E-state index in [-0.39, 0.29) is 12.5 Å². The summed E-state index contributed by atoms with van der Waals surface area (Å²) in [7, 11) is 0. The minimum atomic E-state index is -0.456. The fraction of sp³-hybridized carbons (Fsp3) is 0.200. The molecule has 0 bridgehead atoms. The van der Waals surface area contributed by atoms with Gasteiger partial charge in [-0.3, -0.25) is 0 Å². The lowest BCUT2D eigenvalue weighted by molar-refractivity contribution is 0.0529. The van der Waals surface area contributed by atoms with Gasteiger partial charge in [0.2, 0.25) is 0 Å². The van der Waals surface area contributed by atoms with E-state index >= 15 is 0 Å². The molecule has 0 heterocycles. The summed E-state index contributed by atoms with van der Waals surface area (Å²) in [6.07, 6.45) is 0. The van der Waals surface area contributed by atoms with E-state index in [9.17, 15) is 4.79 Å². The van der Waals surface area contributed by atoms with Crippen molar-refractivity contribution >= 4 is 17.6 Å². The van der Waals surface area contributed by atoms with E-state index in [1.54, 1.807) is 18.2 Å². The molecule has 0 aromatic heterocycles. The Morgan fingerprint density at radius 1 is 1.57 bits per heavy atom. The van der Waals surface area contributed by atoms with E-state index < -0.39 is 5.97 Å². The monoisotopic (exact) mass is 209 g/mol. The minimum absolute atomic E-state index is 0.178. The van der Waals surface area contributed by atoms with Crippen molar-refractivity contribution in [2.75, 3.05) is 12.5 Å². The molecular formula is C10H8ClNO2. The van der Waals surface area contributed by atoms with Gasteiger partial charge in [0.15, 0.2) is 0 Å². The lowest BCUT2D eigenvalue weighted by Crippen LogP contribution is -2.07. The summed E-state index contributed by atoms with van der Waals surface area (Å²) in [5, 5.41) is 8.60. The third-order valence-corrected chi connectivity index (χ3v) is 1.69. The first kappa shape index (κ1) is 10.6. The molecule has 0 saturated heterocycles. The van der Waals surface area contributed by atoms with Crippen LogP contribution in [0.5, 0.6) is 0 Å².